The zero-order valence-electron chi connectivity index (χ0n) is 12.6. The smallest absolute Gasteiger partial charge is 0.105 e. The van der Waals surface area contributed by atoms with E-state index < -0.39 is 0 Å². The first-order valence-electron chi connectivity index (χ1n) is 7.33. The first-order valence-corrected chi connectivity index (χ1v) is 8.21. The SMILES string of the molecule is CCc1nc(CCNC(C)CCn2ccnc2C)cs1. The summed E-state index contributed by atoms with van der Waals surface area (Å²) in [5, 5.41) is 6.99. The minimum absolute atomic E-state index is 0.515. The van der Waals surface area contributed by atoms with Crippen LogP contribution >= 0.6 is 11.3 Å². The second-order valence-electron chi connectivity index (χ2n) is 5.15. The number of aryl methyl sites for hydroxylation is 3. The van der Waals surface area contributed by atoms with E-state index in [0.29, 0.717) is 6.04 Å². The number of aromatic nitrogens is 3. The van der Waals surface area contributed by atoms with Crippen molar-refractivity contribution in [1.82, 2.24) is 19.9 Å². The van der Waals surface area contributed by atoms with Gasteiger partial charge in [0.15, 0.2) is 0 Å². The number of hydrogen-bond donors (Lipinski definition) is 1. The van der Waals surface area contributed by atoms with Crippen LogP contribution in [0.3, 0.4) is 0 Å². The van der Waals surface area contributed by atoms with Crippen LogP contribution in [0.25, 0.3) is 0 Å². The minimum Gasteiger partial charge on any atom is -0.335 e. The lowest BCUT2D eigenvalue weighted by Crippen LogP contribution is -2.29. The first kappa shape index (κ1) is 15.2. The number of thiazole rings is 1. The number of nitrogens with one attached hydrogen (secondary N) is 1. The fourth-order valence-corrected chi connectivity index (χ4v) is 2.93. The van der Waals surface area contributed by atoms with E-state index in [0.717, 1.165) is 38.2 Å². The van der Waals surface area contributed by atoms with Gasteiger partial charge in [-0.3, -0.25) is 0 Å². The highest BCUT2D eigenvalue weighted by atomic mass is 32.1. The molecule has 5 heteroatoms. The molecule has 0 radical (unpaired) electrons. The molecule has 110 valence electrons. The van der Waals surface area contributed by atoms with Crippen LogP contribution < -0.4 is 5.32 Å². The molecule has 0 amide bonds. The highest BCUT2D eigenvalue weighted by molar-refractivity contribution is 7.09. The molecule has 0 aliphatic heterocycles. The van der Waals surface area contributed by atoms with Gasteiger partial charge in [0.25, 0.3) is 0 Å². The van der Waals surface area contributed by atoms with E-state index in [2.05, 4.69) is 39.1 Å². The van der Waals surface area contributed by atoms with Gasteiger partial charge in [-0.15, -0.1) is 11.3 Å². The molecule has 0 saturated carbocycles. The lowest BCUT2D eigenvalue weighted by atomic mass is 10.2. The second kappa shape index (κ2) is 7.55. The predicted octanol–water partition coefficient (Wildman–Crippen LogP) is 2.82. The largest absolute Gasteiger partial charge is 0.335 e. The van der Waals surface area contributed by atoms with Crippen LogP contribution in [0.2, 0.25) is 0 Å². The third-order valence-corrected chi connectivity index (χ3v) is 4.54. The molecular formula is C15H24N4S. The maximum atomic E-state index is 4.59. The lowest BCUT2D eigenvalue weighted by molar-refractivity contribution is 0.474. The van der Waals surface area contributed by atoms with Gasteiger partial charge in [0.05, 0.1) is 10.7 Å². The number of hydrogen-bond acceptors (Lipinski definition) is 4. The molecule has 1 N–H and O–H groups in total. The summed E-state index contributed by atoms with van der Waals surface area (Å²) >= 11 is 1.77. The maximum Gasteiger partial charge on any atom is 0.105 e. The summed E-state index contributed by atoms with van der Waals surface area (Å²) in [4.78, 5) is 8.83. The normalized spacial score (nSPS) is 12.8. The van der Waals surface area contributed by atoms with Crippen molar-refractivity contribution in [3.63, 3.8) is 0 Å². The molecular weight excluding hydrogens is 268 g/mol. The molecule has 2 aromatic rings. The molecule has 2 aromatic heterocycles. The lowest BCUT2D eigenvalue weighted by Gasteiger charge is -2.14. The van der Waals surface area contributed by atoms with Crippen LogP contribution in [0.4, 0.5) is 0 Å². The molecule has 0 bridgehead atoms. The Morgan fingerprint density at radius 3 is 2.95 bits per heavy atom. The van der Waals surface area contributed by atoms with Crippen molar-refractivity contribution < 1.29 is 0 Å². The average molecular weight is 292 g/mol. The van der Waals surface area contributed by atoms with E-state index in [1.807, 2.05) is 19.3 Å². The predicted molar refractivity (Wildman–Crippen MR) is 84.2 cm³/mol. The van der Waals surface area contributed by atoms with E-state index in [4.69, 9.17) is 0 Å². The van der Waals surface area contributed by atoms with Crippen LogP contribution in [-0.2, 0) is 19.4 Å². The van der Waals surface area contributed by atoms with E-state index in [1.54, 1.807) is 11.3 Å². The van der Waals surface area contributed by atoms with E-state index in [-0.39, 0.29) is 0 Å². The number of imidazole rings is 1. The van der Waals surface area contributed by atoms with Crippen molar-refractivity contribution in [2.45, 2.75) is 52.6 Å². The zero-order valence-corrected chi connectivity index (χ0v) is 13.4. The Bertz CT molecular complexity index is 517. The summed E-state index contributed by atoms with van der Waals surface area (Å²) in [6.07, 6.45) is 7.09. The van der Waals surface area contributed by atoms with Gasteiger partial charge < -0.3 is 9.88 Å². The van der Waals surface area contributed by atoms with Crippen LogP contribution in [0.5, 0.6) is 0 Å². The molecule has 0 saturated heterocycles. The standard InChI is InChI=1S/C15H24N4S/c1-4-15-18-14(11-20-15)5-7-16-12(2)6-9-19-10-8-17-13(19)3/h8,10-12,16H,4-7,9H2,1-3H3. The fourth-order valence-electron chi connectivity index (χ4n) is 2.15. The third kappa shape index (κ3) is 4.42. The summed E-state index contributed by atoms with van der Waals surface area (Å²) in [5.41, 5.74) is 1.22. The first-order chi connectivity index (χ1) is 9.69. The van der Waals surface area contributed by atoms with Gasteiger partial charge in [-0.1, -0.05) is 6.92 Å². The van der Waals surface area contributed by atoms with Crippen molar-refractivity contribution in [3.05, 3.63) is 34.3 Å². The zero-order chi connectivity index (χ0) is 14.4. The fraction of sp³-hybridized carbons (Fsp3) is 0.600. The van der Waals surface area contributed by atoms with Gasteiger partial charge >= 0.3 is 0 Å². The number of rotatable bonds is 8. The summed E-state index contributed by atoms with van der Waals surface area (Å²) in [7, 11) is 0. The van der Waals surface area contributed by atoms with E-state index >= 15 is 0 Å². The van der Waals surface area contributed by atoms with Gasteiger partial charge in [-0.2, -0.15) is 0 Å². The minimum atomic E-state index is 0.515. The highest BCUT2D eigenvalue weighted by Crippen LogP contribution is 2.10. The Kier molecular flexibility index (Phi) is 5.73. The van der Waals surface area contributed by atoms with Crippen molar-refractivity contribution in [2.24, 2.45) is 0 Å². The Balaban J connectivity index is 1.65. The molecule has 0 spiro atoms. The van der Waals surface area contributed by atoms with Crippen LogP contribution in [-0.4, -0.2) is 27.1 Å². The average Bonchev–Trinajstić information content (AvgIpc) is 3.05. The molecule has 2 rings (SSSR count). The van der Waals surface area contributed by atoms with Gasteiger partial charge in [0.2, 0.25) is 0 Å². The highest BCUT2D eigenvalue weighted by Gasteiger charge is 2.04. The Hall–Kier alpha value is -1.20. The van der Waals surface area contributed by atoms with Crippen molar-refractivity contribution in [2.75, 3.05) is 6.54 Å². The molecule has 0 aliphatic rings. The molecule has 20 heavy (non-hydrogen) atoms. The van der Waals surface area contributed by atoms with Crippen LogP contribution in [0, 0.1) is 6.92 Å². The van der Waals surface area contributed by atoms with Crippen LogP contribution in [0.1, 0.15) is 36.8 Å². The van der Waals surface area contributed by atoms with Crippen LogP contribution in [0.15, 0.2) is 17.8 Å². The Morgan fingerprint density at radius 2 is 2.30 bits per heavy atom. The molecule has 2 heterocycles. The third-order valence-electron chi connectivity index (χ3n) is 3.50. The quantitative estimate of drug-likeness (QED) is 0.813. The molecule has 0 aliphatic carbocycles. The molecule has 4 nitrogen and oxygen atoms in total. The molecule has 1 unspecified atom stereocenters. The summed E-state index contributed by atoms with van der Waals surface area (Å²) in [6, 6.07) is 0.515. The van der Waals surface area contributed by atoms with Gasteiger partial charge in [0, 0.05) is 43.3 Å². The molecule has 1 atom stereocenters. The number of nitrogens with zero attached hydrogens (tertiary/aromatic N) is 3. The van der Waals surface area contributed by atoms with E-state index in [1.165, 1.54) is 10.7 Å². The van der Waals surface area contributed by atoms with Crippen molar-refractivity contribution in [3.8, 4) is 0 Å². The summed E-state index contributed by atoms with van der Waals surface area (Å²) < 4.78 is 2.20. The summed E-state index contributed by atoms with van der Waals surface area (Å²) in [5.74, 6) is 1.09. The Morgan fingerprint density at radius 1 is 1.45 bits per heavy atom. The van der Waals surface area contributed by atoms with Gasteiger partial charge in [-0.05, 0) is 26.7 Å². The topological polar surface area (TPSA) is 42.7 Å². The van der Waals surface area contributed by atoms with Gasteiger partial charge in [-0.25, -0.2) is 9.97 Å². The monoisotopic (exact) mass is 292 g/mol. The maximum absolute atomic E-state index is 4.59. The molecule has 0 aromatic carbocycles. The molecule has 0 fully saturated rings. The van der Waals surface area contributed by atoms with E-state index in [9.17, 15) is 0 Å². The second-order valence-corrected chi connectivity index (χ2v) is 6.09. The van der Waals surface area contributed by atoms with Gasteiger partial charge in [0.1, 0.15) is 5.82 Å². The summed E-state index contributed by atoms with van der Waals surface area (Å²) in [6.45, 7) is 8.46. The van der Waals surface area contributed by atoms with Crippen molar-refractivity contribution in [1.29, 1.82) is 0 Å². The Labute approximate surface area is 125 Å². The van der Waals surface area contributed by atoms with Crippen molar-refractivity contribution >= 4 is 11.3 Å².